The van der Waals surface area contributed by atoms with Crippen LogP contribution >= 0.6 is 0 Å². The summed E-state index contributed by atoms with van der Waals surface area (Å²) in [4.78, 5) is 14.8. The second-order valence-corrected chi connectivity index (χ2v) is 6.67. The number of para-hydroxylation sites is 1. The van der Waals surface area contributed by atoms with Crippen LogP contribution in [0.25, 0.3) is 0 Å². The molecule has 1 N–H and O–H groups in total. The fourth-order valence-corrected chi connectivity index (χ4v) is 3.71. The zero-order chi connectivity index (χ0) is 18.3. The van der Waals surface area contributed by atoms with Crippen LogP contribution in [0.4, 0.5) is 5.69 Å². The van der Waals surface area contributed by atoms with E-state index in [0.717, 1.165) is 34.7 Å². The van der Waals surface area contributed by atoms with Gasteiger partial charge in [0.2, 0.25) is 0 Å². The van der Waals surface area contributed by atoms with Crippen LogP contribution < -0.4 is 14.8 Å². The molecule has 26 heavy (non-hydrogen) atoms. The maximum atomic E-state index is 13.0. The molecule has 0 spiro atoms. The Morgan fingerprint density at radius 1 is 1.38 bits per heavy atom. The van der Waals surface area contributed by atoms with Crippen molar-refractivity contribution in [3.8, 4) is 11.5 Å². The van der Waals surface area contributed by atoms with Gasteiger partial charge in [0.1, 0.15) is 23.8 Å². The van der Waals surface area contributed by atoms with E-state index in [0.29, 0.717) is 12.1 Å². The molecule has 134 valence electrons. The molecule has 0 unspecified atom stereocenters. The lowest BCUT2D eigenvalue weighted by molar-refractivity contribution is 0.0705. The highest BCUT2D eigenvalue weighted by atomic mass is 16.5. The lowest BCUT2D eigenvalue weighted by Gasteiger charge is -2.38. The zero-order valence-corrected chi connectivity index (χ0v) is 15.0. The van der Waals surface area contributed by atoms with Crippen LogP contribution in [0.15, 0.2) is 49.1 Å². The average Bonchev–Trinajstić information content (AvgIpc) is 3.01. The van der Waals surface area contributed by atoms with Crippen LogP contribution in [0, 0.1) is 0 Å². The maximum absolute atomic E-state index is 13.0. The number of hydrogen-bond donors (Lipinski definition) is 1. The molecule has 1 amide bonds. The molecule has 2 atom stereocenters. The Morgan fingerprint density at radius 3 is 2.96 bits per heavy atom. The highest BCUT2D eigenvalue weighted by Gasteiger charge is 2.35. The molecule has 0 aromatic heterocycles. The third-order valence-electron chi connectivity index (χ3n) is 4.89. The highest BCUT2D eigenvalue weighted by molar-refractivity contribution is 6.01. The van der Waals surface area contributed by atoms with Gasteiger partial charge in [0.15, 0.2) is 0 Å². The molecule has 0 bridgehead atoms. The zero-order valence-electron chi connectivity index (χ0n) is 15.0. The minimum absolute atomic E-state index is 0.0268. The normalized spacial score (nSPS) is 20.7. The molecule has 2 aliphatic rings. The number of anilines is 1. The summed E-state index contributed by atoms with van der Waals surface area (Å²) < 4.78 is 11.6. The van der Waals surface area contributed by atoms with Crippen molar-refractivity contribution in [2.45, 2.75) is 25.6 Å². The van der Waals surface area contributed by atoms with Crippen molar-refractivity contribution in [2.24, 2.45) is 0 Å². The summed E-state index contributed by atoms with van der Waals surface area (Å²) >= 11 is 0. The lowest BCUT2D eigenvalue weighted by Crippen LogP contribution is -2.43. The molecule has 2 heterocycles. The van der Waals surface area contributed by atoms with Crippen LogP contribution in [0.5, 0.6) is 11.5 Å². The van der Waals surface area contributed by atoms with Gasteiger partial charge in [-0.25, -0.2) is 0 Å². The summed E-state index contributed by atoms with van der Waals surface area (Å²) in [5.74, 6) is 1.58. The third kappa shape index (κ3) is 2.60. The Labute approximate surface area is 153 Å². The smallest absolute Gasteiger partial charge is 0.258 e. The van der Waals surface area contributed by atoms with E-state index in [9.17, 15) is 4.79 Å². The van der Waals surface area contributed by atoms with Crippen LogP contribution in [0.1, 0.15) is 34.6 Å². The van der Waals surface area contributed by atoms with Gasteiger partial charge in [-0.05, 0) is 31.2 Å². The van der Waals surface area contributed by atoms with Gasteiger partial charge in [0.25, 0.3) is 5.91 Å². The molecule has 2 aliphatic heterocycles. The third-order valence-corrected chi connectivity index (χ3v) is 4.89. The monoisotopic (exact) mass is 350 g/mol. The minimum Gasteiger partial charge on any atom is -0.496 e. The summed E-state index contributed by atoms with van der Waals surface area (Å²) in [7, 11) is 1.65. The van der Waals surface area contributed by atoms with E-state index in [2.05, 4.69) is 18.8 Å². The van der Waals surface area contributed by atoms with Gasteiger partial charge in [0.05, 0.1) is 12.7 Å². The van der Waals surface area contributed by atoms with Crippen LogP contribution in [0.3, 0.4) is 0 Å². The van der Waals surface area contributed by atoms with E-state index in [1.807, 2.05) is 36.4 Å². The first kappa shape index (κ1) is 16.5. The average molecular weight is 350 g/mol. The summed E-state index contributed by atoms with van der Waals surface area (Å²) in [6.45, 7) is 6.29. The van der Waals surface area contributed by atoms with Crippen molar-refractivity contribution in [3.63, 3.8) is 0 Å². The van der Waals surface area contributed by atoms with Gasteiger partial charge in [-0.3, -0.25) is 4.79 Å². The molecular weight excluding hydrogens is 328 g/mol. The second-order valence-electron chi connectivity index (χ2n) is 6.67. The van der Waals surface area contributed by atoms with Gasteiger partial charge in [-0.2, -0.15) is 0 Å². The fourth-order valence-electron chi connectivity index (χ4n) is 3.71. The SMILES string of the molecule is C=CCN1C(=O)c2ccccc2N[C@H]1c1cc2c(cc1OC)C[C@H](C)O2. The lowest BCUT2D eigenvalue weighted by atomic mass is 10.00. The number of amides is 1. The van der Waals surface area contributed by atoms with Crippen molar-refractivity contribution in [1.29, 1.82) is 0 Å². The first-order valence-corrected chi connectivity index (χ1v) is 8.77. The van der Waals surface area contributed by atoms with E-state index >= 15 is 0 Å². The highest BCUT2D eigenvalue weighted by Crippen LogP contribution is 2.41. The van der Waals surface area contributed by atoms with Crippen molar-refractivity contribution in [1.82, 2.24) is 4.90 Å². The van der Waals surface area contributed by atoms with Crippen molar-refractivity contribution < 1.29 is 14.3 Å². The maximum Gasteiger partial charge on any atom is 0.258 e. The number of hydrogen-bond acceptors (Lipinski definition) is 4. The first-order chi connectivity index (χ1) is 12.6. The number of nitrogens with zero attached hydrogens (tertiary/aromatic N) is 1. The predicted molar refractivity (Wildman–Crippen MR) is 101 cm³/mol. The summed E-state index contributed by atoms with van der Waals surface area (Å²) in [5.41, 5.74) is 3.50. The van der Waals surface area contributed by atoms with Crippen LogP contribution in [-0.2, 0) is 6.42 Å². The molecule has 0 aliphatic carbocycles. The molecule has 5 heteroatoms. The Kier molecular flexibility index (Phi) is 4.07. The van der Waals surface area contributed by atoms with Gasteiger partial charge in [-0.1, -0.05) is 18.2 Å². The van der Waals surface area contributed by atoms with E-state index in [1.54, 1.807) is 18.1 Å². The number of carbonyl (C=O) groups is 1. The van der Waals surface area contributed by atoms with E-state index in [1.165, 1.54) is 0 Å². The topological polar surface area (TPSA) is 50.8 Å². The fraction of sp³-hybridized carbons (Fsp3) is 0.286. The summed E-state index contributed by atoms with van der Waals surface area (Å²) in [6, 6.07) is 11.6. The molecule has 4 rings (SSSR count). The summed E-state index contributed by atoms with van der Waals surface area (Å²) in [5, 5.41) is 3.48. The number of nitrogens with one attached hydrogen (secondary N) is 1. The molecule has 2 aromatic rings. The quantitative estimate of drug-likeness (QED) is 0.853. The molecule has 0 saturated carbocycles. The molecule has 0 fully saturated rings. The number of methoxy groups -OCH3 is 1. The van der Waals surface area contributed by atoms with Crippen molar-refractivity contribution in [2.75, 3.05) is 19.0 Å². The first-order valence-electron chi connectivity index (χ1n) is 8.77. The molecule has 0 saturated heterocycles. The Balaban J connectivity index is 1.82. The van der Waals surface area contributed by atoms with Gasteiger partial charge in [0, 0.05) is 29.8 Å². The van der Waals surface area contributed by atoms with Crippen molar-refractivity contribution in [3.05, 3.63) is 65.7 Å². The standard InChI is InChI=1S/C21H22N2O3/c1-4-9-23-20(22-17-8-6-5-7-15(17)21(23)24)16-12-18-14(10-13(2)26-18)11-19(16)25-3/h4-8,11-13,20,22H,1,9-10H2,2-3H3/t13-,20+/m0/s1. The number of fused-ring (bicyclic) bond motifs is 2. The Hall–Kier alpha value is -2.95. The molecule has 5 nitrogen and oxygen atoms in total. The number of carbonyl (C=O) groups excluding carboxylic acids is 1. The van der Waals surface area contributed by atoms with E-state index in [4.69, 9.17) is 9.47 Å². The minimum atomic E-state index is -0.352. The number of benzene rings is 2. The second kappa shape index (κ2) is 6.41. The Morgan fingerprint density at radius 2 is 2.19 bits per heavy atom. The van der Waals surface area contributed by atoms with Gasteiger partial charge < -0.3 is 19.7 Å². The van der Waals surface area contributed by atoms with Crippen LogP contribution in [0.2, 0.25) is 0 Å². The van der Waals surface area contributed by atoms with E-state index < -0.39 is 0 Å². The predicted octanol–water partition coefficient (Wildman–Crippen LogP) is 3.77. The largest absolute Gasteiger partial charge is 0.496 e. The van der Waals surface area contributed by atoms with E-state index in [-0.39, 0.29) is 18.2 Å². The Bertz CT molecular complexity index is 878. The number of rotatable bonds is 4. The van der Waals surface area contributed by atoms with Gasteiger partial charge in [-0.15, -0.1) is 6.58 Å². The van der Waals surface area contributed by atoms with Crippen molar-refractivity contribution >= 4 is 11.6 Å². The van der Waals surface area contributed by atoms with Crippen LogP contribution in [-0.4, -0.2) is 30.6 Å². The molecule has 0 radical (unpaired) electrons. The van der Waals surface area contributed by atoms with Gasteiger partial charge >= 0.3 is 0 Å². The molecular formula is C21H22N2O3. The summed E-state index contributed by atoms with van der Waals surface area (Å²) in [6.07, 6.45) is 2.40. The number of ether oxygens (including phenoxy) is 2. The molecule has 2 aromatic carbocycles.